The van der Waals surface area contributed by atoms with E-state index in [1.165, 1.54) is 31.0 Å². The number of benzene rings is 3. The molecule has 0 spiro atoms. The predicted molar refractivity (Wildman–Crippen MR) is 128 cm³/mol. The van der Waals surface area contributed by atoms with E-state index in [0.717, 1.165) is 5.69 Å². The Balaban J connectivity index is 1.55. The average molecular weight is 468 g/mol. The third-order valence-corrected chi connectivity index (χ3v) is 7.09. The topological polar surface area (TPSA) is 70.0 Å². The SMILES string of the molecule is COc1ccc([C@@H]2[C@@H](CCCC(O)c3ccc(F)cc3)SC(=O)N2c2ccccc2)c(O)c1. The number of aliphatic hydroxyl groups is 1. The van der Waals surface area contributed by atoms with E-state index in [1.54, 1.807) is 35.2 Å². The van der Waals surface area contributed by atoms with E-state index in [9.17, 15) is 19.4 Å². The van der Waals surface area contributed by atoms with Crippen LogP contribution in [0.25, 0.3) is 0 Å². The molecule has 1 fully saturated rings. The second-order valence-corrected chi connectivity index (χ2v) is 9.19. The van der Waals surface area contributed by atoms with Crippen LogP contribution in [-0.4, -0.2) is 27.8 Å². The largest absolute Gasteiger partial charge is 0.507 e. The highest BCUT2D eigenvalue weighted by atomic mass is 32.2. The van der Waals surface area contributed by atoms with E-state index >= 15 is 0 Å². The van der Waals surface area contributed by atoms with Crippen molar-refractivity contribution in [1.29, 1.82) is 0 Å². The van der Waals surface area contributed by atoms with E-state index in [2.05, 4.69) is 0 Å². The zero-order valence-corrected chi connectivity index (χ0v) is 19.0. The molecule has 33 heavy (non-hydrogen) atoms. The molecule has 3 atom stereocenters. The summed E-state index contributed by atoms with van der Waals surface area (Å²) in [4.78, 5) is 14.8. The molecule has 1 unspecified atom stereocenters. The van der Waals surface area contributed by atoms with Gasteiger partial charge in [-0.3, -0.25) is 9.69 Å². The van der Waals surface area contributed by atoms with Crippen LogP contribution in [0.2, 0.25) is 0 Å². The maximum absolute atomic E-state index is 13.2. The lowest BCUT2D eigenvalue weighted by atomic mass is 9.95. The Labute approximate surface area is 196 Å². The van der Waals surface area contributed by atoms with Crippen molar-refractivity contribution in [3.05, 3.63) is 89.7 Å². The monoisotopic (exact) mass is 467 g/mol. The molecular weight excluding hydrogens is 441 g/mol. The molecule has 4 rings (SSSR count). The van der Waals surface area contributed by atoms with Crippen molar-refractivity contribution in [1.82, 2.24) is 0 Å². The van der Waals surface area contributed by atoms with Gasteiger partial charge in [-0.2, -0.15) is 0 Å². The minimum absolute atomic E-state index is 0.0759. The van der Waals surface area contributed by atoms with Gasteiger partial charge in [0.15, 0.2) is 0 Å². The Morgan fingerprint density at radius 3 is 2.48 bits per heavy atom. The van der Waals surface area contributed by atoms with Crippen molar-refractivity contribution in [2.24, 2.45) is 0 Å². The van der Waals surface area contributed by atoms with Gasteiger partial charge in [-0.1, -0.05) is 42.1 Å². The van der Waals surface area contributed by atoms with Crippen LogP contribution >= 0.6 is 11.8 Å². The van der Waals surface area contributed by atoms with Crippen molar-refractivity contribution in [3.8, 4) is 11.5 Å². The Kier molecular flexibility index (Phi) is 7.20. The summed E-state index contributed by atoms with van der Waals surface area (Å²) < 4.78 is 18.4. The number of thioether (sulfide) groups is 1. The quantitative estimate of drug-likeness (QED) is 0.411. The number of aromatic hydroxyl groups is 1. The second-order valence-electron chi connectivity index (χ2n) is 8.00. The molecule has 5 nitrogen and oxygen atoms in total. The summed E-state index contributed by atoms with van der Waals surface area (Å²) in [7, 11) is 1.54. The van der Waals surface area contributed by atoms with Gasteiger partial charge in [0, 0.05) is 22.6 Å². The highest BCUT2D eigenvalue weighted by Gasteiger charge is 2.43. The van der Waals surface area contributed by atoms with Crippen LogP contribution in [0.1, 0.15) is 42.5 Å². The molecule has 1 heterocycles. The van der Waals surface area contributed by atoms with Gasteiger partial charge in [0.25, 0.3) is 5.24 Å². The maximum Gasteiger partial charge on any atom is 0.287 e. The highest BCUT2D eigenvalue weighted by Crippen LogP contribution is 2.48. The number of phenolic OH excluding ortho intramolecular Hbond substituents is 1. The molecule has 1 saturated heterocycles. The van der Waals surface area contributed by atoms with Crippen LogP contribution in [0.5, 0.6) is 11.5 Å². The number of anilines is 1. The minimum Gasteiger partial charge on any atom is -0.507 e. The molecule has 3 aromatic carbocycles. The number of nitrogens with zero attached hydrogens (tertiary/aromatic N) is 1. The van der Waals surface area contributed by atoms with Crippen molar-refractivity contribution in [2.75, 3.05) is 12.0 Å². The summed E-state index contributed by atoms with van der Waals surface area (Å²) in [6.07, 6.45) is 1.11. The first-order chi connectivity index (χ1) is 16.0. The maximum atomic E-state index is 13.2. The number of carbonyl (C=O) groups is 1. The van der Waals surface area contributed by atoms with Gasteiger partial charge in [0.2, 0.25) is 0 Å². The molecule has 1 amide bonds. The first-order valence-corrected chi connectivity index (χ1v) is 11.7. The lowest BCUT2D eigenvalue weighted by Crippen LogP contribution is -2.29. The molecule has 0 radical (unpaired) electrons. The number of carbonyl (C=O) groups excluding carboxylic acids is 1. The van der Waals surface area contributed by atoms with Gasteiger partial charge < -0.3 is 14.9 Å². The number of aliphatic hydroxyl groups excluding tert-OH is 1. The number of phenols is 1. The van der Waals surface area contributed by atoms with E-state index in [0.29, 0.717) is 36.1 Å². The van der Waals surface area contributed by atoms with Crippen LogP contribution in [0.15, 0.2) is 72.8 Å². The summed E-state index contributed by atoms with van der Waals surface area (Å²) in [6.45, 7) is 0. The standard InChI is InChI=1S/C26H26FNO4S/c1-32-20-14-15-21(23(30)16-20)25-24(33-26(31)28(25)19-6-3-2-4-7-19)9-5-8-22(29)17-10-12-18(27)13-11-17/h2-4,6-7,10-16,22,24-25,29-30H,5,8-9H2,1H3/t22?,24-,25-/m1/s1. The van der Waals surface area contributed by atoms with Crippen LogP contribution in [-0.2, 0) is 0 Å². The highest BCUT2D eigenvalue weighted by molar-refractivity contribution is 8.14. The van der Waals surface area contributed by atoms with Crippen molar-refractivity contribution in [2.45, 2.75) is 36.7 Å². The number of hydrogen-bond donors (Lipinski definition) is 2. The van der Waals surface area contributed by atoms with E-state index in [4.69, 9.17) is 4.74 Å². The van der Waals surface area contributed by atoms with Gasteiger partial charge >= 0.3 is 0 Å². The number of hydrogen-bond acceptors (Lipinski definition) is 5. The van der Waals surface area contributed by atoms with E-state index < -0.39 is 6.10 Å². The summed E-state index contributed by atoms with van der Waals surface area (Å²) >= 11 is 1.25. The van der Waals surface area contributed by atoms with Crippen molar-refractivity contribution >= 4 is 22.7 Å². The van der Waals surface area contributed by atoms with Crippen molar-refractivity contribution in [3.63, 3.8) is 0 Å². The van der Waals surface area contributed by atoms with Gasteiger partial charge in [-0.15, -0.1) is 0 Å². The fourth-order valence-corrected chi connectivity index (χ4v) is 5.48. The van der Waals surface area contributed by atoms with Crippen LogP contribution < -0.4 is 9.64 Å². The van der Waals surface area contributed by atoms with Crippen LogP contribution in [0, 0.1) is 5.82 Å². The lowest BCUT2D eigenvalue weighted by Gasteiger charge is -2.28. The number of methoxy groups -OCH3 is 1. The summed E-state index contributed by atoms with van der Waals surface area (Å²) in [6, 6.07) is 20.0. The molecule has 0 aliphatic carbocycles. The number of halogens is 1. The van der Waals surface area contributed by atoms with Crippen molar-refractivity contribution < 1.29 is 24.1 Å². The Morgan fingerprint density at radius 1 is 1.09 bits per heavy atom. The second kappa shape index (κ2) is 10.3. The summed E-state index contributed by atoms with van der Waals surface area (Å²) in [5.74, 6) is 0.278. The molecule has 7 heteroatoms. The first-order valence-electron chi connectivity index (χ1n) is 10.8. The van der Waals surface area contributed by atoms with Gasteiger partial charge in [-0.05, 0) is 61.2 Å². The third kappa shape index (κ3) is 5.15. The molecule has 1 aliphatic rings. The summed E-state index contributed by atoms with van der Waals surface area (Å²) in [5, 5.41) is 21.0. The molecule has 172 valence electrons. The number of amides is 1. The smallest absolute Gasteiger partial charge is 0.287 e. The molecule has 0 saturated carbocycles. The van der Waals surface area contributed by atoms with Gasteiger partial charge in [0.05, 0.1) is 19.3 Å². The van der Waals surface area contributed by atoms with Gasteiger partial charge in [0.1, 0.15) is 17.3 Å². The third-order valence-electron chi connectivity index (χ3n) is 5.89. The molecule has 0 aromatic heterocycles. The fraction of sp³-hybridized carbons (Fsp3) is 0.269. The van der Waals surface area contributed by atoms with E-state index in [-0.39, 0.29) is 28.1 Å². The summed E-state index contributed by atoms with van der Waals surface area (Å²) in [5.41, 5.74) is 2.09. The van der Waals surface area contributed by atoms with Gasteiger partial charge in [-0.25, -0.2) is 4.39 Å². The Morgan fingerprint density at radius 2 is 1.82 bits per heavy atom. The molecule has 0 bridgehead atoms. The zero-order valence-electron chi connectivity index (χ0n) is 18.2. The molecular formula is C26H26FNO4S. The fourth-order valence-electron chi connectivity index (χ4n) is 4.21. The predicted octanol–water partition coefficient (Wildman–Crippen LogP) is 6.23. The van der Waals surface area contributed by atoms with Crippen LogP contribution in [0.3, 0.4) is 0 Å². The lowest BCUT2D eigenvalue weighted by molar-refractivity contribution is 0.163. The minimum atomic E-state index is -0.703. The average Bonchev–Trinajstić information content (AvgIpc) is 3.15. The molecule has 1 aliphatic heterocycles. The number of para-hydroxylation sites is 1. The zero-order chi connectivity index (χ0) is 23.4. The molecule has 2 N–H and O–H groups in total. The number of rotatable bonds is 8. The first kappa shape index (κ1) is 23.1. The van der Waals surface area contributed by atoms with E-state index in [1.807, 2.05) is 30.3 Å². The number of ether oxygens (including phenoxy) is 1. The Hall–Kier alpha value is -3.03. The molecule has 3 aromatic rings. The Bertz CT molecular complexity index is 1090. The van der Waals surface area contributed by atoms with Crippen LogP contribution in [0.4, 0.5) is 14.9 Å². The normalized spacial score (nSPS) is 19.0.